The molecule has 168 valence electrons. The van der Waals surface area contributed by atoms with Crippen LogP contribution in [0.25, 0.3) is 0 Å². The van der Waals surface area contributed by atoms with Gasteiger partial charge in [0.15, 0.2) is 5.78 Å². The minimum absolute atomic E-state index is 0. The molecule has 1 unspecified atom stereocenters. The van der Waals surface area contributed by atoms with Crippen LogP contribution in [0.5, 0.6) is 0 Å². The number of nitrogens with zero attached hydrogens (tertiary/aromatic N) is 1. The van der Waals surface area contributed by atoms with Crippen molar-refractivity contribution >= 4 is 11.8 Å². The Morgan fingerprint density at radius 1 is 1.04 bits per heavy atom. The molecule has 6 nitrogen and oxygen atoms in total. The van der Waals surface area contributed by atoms with Gasteiger partial charge >= 0.3 is 29.6 Å². The second-order valence-corrected chi connectivity index (χ2v) is 5.74. The number of carbonyl (C=O) groups is 2. The van der Waals surface area contributed by atoms with Crippen molar-refractivity contribution in [1.29, 1.82) is 0 Å². The Balaban J connectivity index is -0.0000000717. The summed E-state index contributed by atoms with van der Waals surface area (Å²) in [5.41, 5.74) is 4.98. The molecule has 0 rings (SSSR count). The number of carbonyl (C=O) groups excluding carboxylic acids is 2. The largest absolute Gasteiger partial charge is 1.00 e. The maximum absolute atomic E-state index is 11.8. The number of carboxylic acid groups (broad SMARTS) is 1. The van der Waals surface area contributed by atoms with Crippen molar-refractivity contribution in [1.82, 2.24) is 4.90 Å². The third-order valence-electron chi connectivity index (χ3n) is 3.35. The molecule has 1 atom stereocenters. The van der Waals surface area contributed by atoms with E-state index in [0.29, 0.717) is 6.54 Å². The van der Waals surface area contributed by atoms with E-state index >= 15 is 0 Å². The molecule has 0 aromatic carbocycles. The topological polar surface area (TPSA) is 107 Å². The van der Waals surface area contributed by atoms with Crippen molar-refractivity contribution in [3.63, 3.8) is 0 Å². The second-order valence-electron chi connectivity index (χ2n) is 5.74. The summed E-state index contributed by atoms with van der Waals surface area (Å²) in [6.07, 6.45) is 2.75. The summed E-state index contributed by atoms with van der Waals surface area (Å²) >= 11 is 0. The summed E-state index contributed by atoms with van der Waals surface area (Å²) in [5.74, 6) is -0.988. The van der Waals surface area contributed by atoms with Gasteiger partial charge in [0.25, 0.3) is 0 Å². The zero-order valence-electron chi connectivity index (χ0n) is 21.0. The molecular formula is C21H49N2NaO4. The Hall–Kier alpha value is 0.0200. The molecule has 7 heteroatoms. The molecule has 0 heterocycles. The number of hydrogen-bond donors (Lipinski definition) is 2. The van der Waals surface area contributed by atoms with Crippen LogP contribution < -0.4 is 40.4 Å². The van der Waals surface area contributed by atoms with Crippen molar-refractivity contribution < 1.29 is 49.4 Å². The van der Waals surface area contributed by atoms with E-state index in [1.807, 2.05) is 53.4 Å². The number of rotatable bonds is 8. The first-order valence-electron chi connectivity index (χ1n) is 10.4. The van der Waals surface area contributed by atoms with E-state index in [9.17, 15) is 14.7 Å². The quantitative estimate of drug-likeness (QED) is 0.540. The summed E-state index contributed by atoms with van der Waals surface area (Å²) in [7, 11) is 0. The zero-order valence-corrected chi connectivity index (χ0v) is 23.0. The summed E-state index contributed by atoms with van der Waals surface area (Å²) in [6.45, 7) is 22.5. The molecule has 3 N–H and O–H groups in total. The van der Waals surface area contributed by atoms with Crippen molar-refractivity contribution in [2.75, 3.05) is 19.7 Å². The van der Waals surface area contributed by atoms with E-state index in [4.69, 9.17) is 10.8 Å². The number of ketones is 1. The van der Waals surface area contributed by atoms with Crippen LogP contribution in [0.15, 0.2) is 0 Å². The fraction of sp³-hybridized carbons (Fsp3) is 0.905. The van der Waals surface area contributed by atoms with Crippen LogP contribution in [0.2, 0.25) is 0 Å². The number of aliphatic hydroxyl groups excluding tert-OH is 1. The smallest absolute Gasteiger partial charge is 0.550 e. The Morgan fingerprint density at radius 3 is 1.50 bits per heavy atom. The Kier molecular flexibility index (Phi) is 47.8. The monoisotopic (exact) mass is 416 g/mol. The summed E-state index contributed by atoms with van der Waals surface area (Å²) < 4.78 is 0. The van der Waals surface area contributed by atoms with Gasteiger partial charge in [0.2, 0.25) is 0 Å². The number of Topliss-reactive ketones (excluding diaryl/α,β-unsaturated/α-hetero) is 1. The molecule has 0 amide bonds. The third kappa shape index (κ3) is 28.2. The van der Waals surface area contributed by atoms with E-state index in [2.05, 4.69) is 13.8 Å². The van der Waals surface area contributed by atoms with Gasteiger partial charge in [0, 0.05) is 12.5 Å². The molecule has 0 aromatic rings. The van der Waals surface area contributed by atoms with Crippen LogP contribution in [0.4, 0.5) is 0 Å². The van der Waals surface area contributed by atoms with Crippen LogP contribution in [-0.4, -0.2) is 53.0 Å². The normalized spacial score (nSPS) is 10.1. The van der Waals surface area contributed by atoms with Gasteiger partial charge < -0.3 is 20.7 Å². The minimum Gasteiger partial charge on any atom is -0.550 e. The van der Waals surface area contributed by atoms with Gasteiger partial charge in [-0.2, -0.15) is 0 Å². The first-order valence-corrected chi connectivity index (χ1v) is 10.4. The molecule has 28 heavy (non-hydrogen) atoms. The number of unbranched alkanes of at least 4 members (excludes halogenated alkanes) is 1. The van der Waals surface area contributed by atoms with Crippen LogP contribution in [-0.2, 0) is 9.59 Å². The average molecular weight is 417 g/mol. The summed E-state index contributed by atoms with van der Waals surface area (Å²) in [6, 6.07) is -0.460. The third-order valence-corrected chi connectivity index (χ3v) is 3.35. The van der Waals surface area contributed by atoms with Crippen LogP contribution in [0.3, 0.4) is 0 Å². The zero-order chi connectivity index (χ0) is 23.1. The Morgan fingerprint density at radius 2 is 1.36 bits per heavy atom. The first-order chi connectivity index (χ1) is 12.6. The molecule has 0 saturated carbocycles. The van der Waals surface area contributed by atoms with Gasteiger partial charge in [-0.25, -0.2) is 0 Å². The predicted octanol–water partition coefficient (Wildman–Crippen LogP) is 0.00460. The van der Waals surface area contributed by atoms with Crippen LogP contribution in [0, 0.1) is 0 Å². The molecule has 0 spiro atoms. The Labute approximate surface area is 197 Å². The van der Waals surface area contributed by atoms with Gasteiger partial charge in [0.1, 0.15) is 0 Å². The van der Waals surface area contributed by atoms with Crippen molar-refractivity contribution in [3.8, 4) is 0 Å². The molecule has 0 fully saturated rings. The molecule has 0 aromatic heterocycles. The van der Waals surface area contributed by atoms with Crippen LogP contribution >= 0.6 is 0 Å². The van der Waals surface area contributed by atoms with Crippen molar-refractivity contribution in [2.24, 2.45) is 5.73 Å². The number of carboxylic acids is 1. The van der Waals surface area contributed by atoms with Gasteiger partial charge in [0.05, 0.1) is 18.2 Å². The molecular weight excluding hydrogens is 367 g/mol. The number of β-amino-alcohol motifs (C(OH)–C–C–N with tert-alkyl or cyclic N) is 1. The fourth-order valence-corrected chi connectivity index (χ4v) is 1.67. The van der Waals surface area contributed by atoms with Gasteiger partial charge in [-0.05, 0) is 33.7 Å². The number of aliphatic carboxylic acids is 1. The van der Waals surface area contributed by atoms with E-state index in [0.717, 1.165) is 6.54 Å². The summed E-state index contributed by atoms with van der Waals surface area (Å²) in [5, 5.41) is 18.1. The minimum atomic E-state index is -0.995. The maximum atomic E-state index is 11.8. The van der Waals surface area contributed by atoms with E-state index in [1.54, 1.807) is 6.92 Å². The molecule has 0 bridgehead atoms. The first kappa shape index (κ1) is 42.2. The predicted molar refractivity (Wildman–Crippen MR) is 116 cm³/mol. The van der Waals surface area contributed by atoms with E-state index < -0.39 is 17.6 Å². The van der Waals surface area contributed by atoms with Crippen molar-refractivity contribution in [2.45, 2.75) is 107 Å². The maximum Gasteiger partial charge on any atom is 1.00 e. The molecule has 0 saturated heterocycles. The fourth-order valence-electron chi connectivity index (χ4n) is 1.67. The second kappa shape index (κ2) is 31.7. The molecule has 0 aliphatic rings. The van der Waals surface area contributed by atoms with E-state index in [1.165, 1.54) is 19.8 Å². The average Bonchev–Trinajstić information content (AvgIpc) is 2.68. The van der Waals surface area contributed by atoms with Crippen molar-refractivity contribution in [3.05, 3.63) is 0 Å². The Bertz CT molecular complexity index is 311. The number of hydrogen-bond acceptors (Lipinski definition) is 6. The number of likely N-dealkylation sites (N-methyl/N-ethyl adjacent to an activating group) is 1. The summed E-state index contributed by atoms with van der Waals surface area (Å²) in [4.78, 5) is 23.0. The standard InChI is InChI=1S/C10H22N2O2.C4H10.C3H6O2.2C2H6.Na/c1-5-12(6-7-13)10(3,4)9(14)8(2)11;1-3-4-2;1-2-3(4)5;2*1-2;/h8,13H,5-7,11H2,1-4H3;3-4H2,1-2H3;2H2,1H3,(H,4,5);2*1-2H3;/q;;;;;+1/p-1. The number of nitrogens with two attached hydrogens (primary N) is 1. The molecule has 0 radical (unpaired) electrons. The van der Waals surface area contributed by atoms with Gasteiger partial charge in [-0.15, -0.1) is 0 Å². The SMILES string of the molecule is CC.CC.CCC(=O)[O-].CCCC.CCN(CCO)C(C)(C)C(=O)C(C)N.[Na+]. The van der Waals surface area contributed by atoms with Crippen LogP contribution in [0.1, 0.15) is 95.4 Å². The van der Waals surface area contributed by atoms with Gasteiger partial charge in [-0.1, -0.05) is 68.2 Å². The molecule has 0 aliphatic carbocycles. The number of aliphatic hydroxyl groups is 1. The molecule has 0 aliphatic heterocycles. The van der Waals surface area contributed by atoms with E-state index in [-0.39, 0.29) is 48.4 Å². The van der Waals surface area contributed by atoms with Gasteiger partial charge in [-0.3, -0.25) is 9.69 Å².